The minimum absolute atomic E-state index is 0.161. The Hall–Kier alpha value is -1.81. The van der Waals surface area contributed by atoms with E-state index >= 15 is 0 Å². The van der Waals surface area contributed by atoms with E-state index in [0.29, 0.717) is 0 Å². The smallest absolute Gasteiger partial charge is 0.127 e. The van der Waals surface area contributed by atoms with Crippen LogP contribution in [0.15, 0.2) is 30.3 Å². The van der Waals surface area contributed by atoms with E-state index in [2.05, 4.69) is 10.3 Å². The molecule has 0 atom stereocenters. The van der Waals surface area contributed by atoms with Crippen LogP contribution in [-0.4, -0.2) is 22.2 Å². The molecule has 4 heteroatoms. The van der Waals surface area contributed by atoms with Crippen molar-refractivity contribution in [2.45, 2.75) is 31.2 Å². The average molecular weight is 257 g/mol. The normalized spacial score (nSPS) is 17.7. The Kier molecular flexibility index (Phi) is 3.03. The number of nitrogens with zero attached hydrogens (tertiary/aromatic N) is 1. The first-order valence-corrected chi connectivity index (χ1v) is 6.76. The highest BCUT2D eigenvalue weighted by Crippen LogP contribution is 2.32. The topological polar surface area (TPSA) is 71.2 Å². The number of aromatic nitrogens is 1. The van der Waals surface area contributed by atoms with Crippen molar-refractivity contribution in [1.82, 2.24) is 4.98 Å². The molecule has 4 nitrogen and oxygen atoms in total. The first kappa shape index (κ1) is 12.2. The molecule has 0 unspecified atom stereocenters. The van der Waals surface area contributed by atoms with Gasteiger partial charge in [-0.2, -0.15) is 0 Å². The standard InChI is InChI=1S/C15H19N3O/c16-12-4-5-13-11(9-12)3-6-14(17-13)18-15(10-19)7-1-2-8-15/h3-6,9,19H,1-2,7-8,10,16H2,(H,17,18). The summed E-state index contributed by atoms with van der Waals surface area (Å²) in [5, 5.41) is 14.1. The number of aliphatic hydroxyl groups excluding tert-OH is 1. The largest absolute Gasteiger partial charge is 0.399 e. The summed E-state index contributed by atoms with van der Waals surface area (Å²) in [6.45, 7) is 0.161. The summed E-state index contributed by atoms with van der Waals surface area (Å²) in [7, 11) is 0. The van der Waals surface area contributed by atoms with Crippen LogP contribution in [0.4, 0.5) is 11.5 Å². The molecule has 0 radical (unpaired) electrons. The molecule has 0 spiro atoms. The summed E-state index contributed by atoms with van der Waals surface area (Å²) >= 11 is 0. The zero-order valence-electron chi connectivity index (χ0n) is 10.9. The zero-order valence-corrected chi connectivity index (χ0v) is 10.9. The van der Waals surface area contributed by atoms with Crippen LogP contribution in [-0.2, 0) is 0 Å². The minimum Gasteiger partial charge on any atom is -0.399 e. The molecule has 1 aliphatic carbocycles. The van der Waals surface area contributed by atoms with Gasteiger partial charge in [0.15, 0.2) is 0 Å². The lowest BCUT2D eigenvalue weighted by Gasteiger charge is -2.28. The quantitative estimate of drug-likeness (QED) is 0.739. The Morgan fingerprint density at radius 3 is 2.74 bits per heavy atom. The van der Waals surface area contributed by atoms with Crippen LogP contribution in [0.2, 0.25) is 0 Å². The fourth-order valence-corrected chi connectivity index (χ4v) is 2.86. The highest BCUT2D eigenvalue weighted by molar-refractivity contribution is 5.83. The van der Waals surface area contributed by atoms with E-state index in [1.54, 1.807) is 0 Å². The Morgan fingerprint density at radius 1 is 1.21 bits per heavy atom. The van der Waals surface area contributed by atoms with Crippen molar-refractivity contribution in [2.75, 3.05) is 17.7 Å². The first-order chi connectivity index (χ1) is 9.21. The first-order valence-electron chi connectivity index (χ1n) is 6.76. The minimum atomic E-state index is -0.186. The summed E-state index contributed by atoms with van der Waals surface area (Å²) in [6.07, 6.45) is 4.34. The van der Waals surface area contributed by atoms with Crippen LogP contribution >= 0.6 is 0 Å². The molecule has 0 aliphatic heterocycles. The molecule has 0 amide bonds. The predicted molar refractivity (Wildman–Crippen MR) is 78.1 cm³/mol. The van der Waals surface area contributed by atoms with Crippen LogP contribution in [0.1, 0.15) is 25.7 Å². The van der Waals surface area contributed by atoms with E-state index in [0.717, 1.165) is 48.1 Å². The molecule has 3 rings (SSSR count). The molecule has 1 aliphatic rings. The van der Waals surface area contributed by atoms with Gasteiger partial charge in [0, 0.05) is 11.1 Å². The molecular formula is C15H19N3O. The van der Waals surface area contributed by atoms with E-state index in [-0.39, 0.29) is 12.1 Å². The molecule has 1 heterocycles. The van der Waals surface area contributed by atoms with Gasteiger partial charge in [-0.05, 0) is 43.2 Å². The third-order valence-corrected chi connectivity index (χ3v) is 3.97. The second-order valence-corrected chi connectivity index (χ2v) is 5.42. The van der Waals surface area contributed by atoms with Crippen molar-refractivity contribution >= 4 is 22.4 Å². The van der Waals surface area contributed by atoms with Crippen molar-refractivity contribution in [3.05, 3.63) is 30.3 Å². The summed E-state index contributed by atoms with van der Waals surface area (Å²) in [5.41, 5.74) is 7.24. The molecule has 0 bridgehead atoms. The second kappa shape index (κ2) is 4.70. The van der Waals surface area contributed by atoms with E-state index in [9.17, 15) is 5.11 Å². The number of nitrogens with two attached hydrogens (primary N) is 1. The number of hydrogen-bond donors (Lipinski definition) is 3. The second-order valence-electron chi connectivity index (χ2n) is 5.42. The number of fused-ring (bicyclic) bond motifs is 1. The van der Waals surface area contributed by atoms with E-state index in [1.165, 1.54) is 0 Å². The maximum Gasteiger partial charge on any atom is 0.127 e. The Balaban J connectivity index is 1.91. The maximum absolute atomic E-state index is 9.62. The Morgan fingerprint density at radius 2 is 2.00 bits per heavy atom. The highest BCUT2D eigenvalue weighted by Gasteiger charge is 2.33. The average Bonchev–Trinajstić information content (AvgIpc) is 2.88. The van der Waals surface area contributed by atoms with Gasteiger partial charge in [0.25, 0.3) is 0 Å². The number of hydrogen-bond acceptors (Lipinski definition) is 4. The number of benzene rings is 1. The predicted octanol–water partition coefficient (Wildman–Crippen LogP) is 2.53. The lowest BCUT2D eigenvalue weighted by molar-refractivity contribution is 0.214. The van der Waals surface area contributed by atoms with E-state index < -0.39 is 0 Å². The highest BCUT2D eigenvalue weighted by atomic mass is 16.3. The van der Waals surface area contributed by atoms with Gasteiger partial charge in [-0.1, -0.05) is 12.8 Å². The molecule has 19 heavy (non-hydrogen) atoms. The number of nitrogens with one attached hydrogen (secondary N) is 1. The molecule has 100 valence electrons. The number of nitrogen functional groups attached to an aromatic ring is 1. The van der Waals surface area contributed by atoms with Gasteiger partial charge in [0.05, 0.1) is 17.7 Å². The van der Waals surface area contributed by atoms with Crippen LogP contribution in [0.3, 0.4) is 0 Å². The lowest BCUT2D eigenvalue weighted by Crippen LogP contribution is -2.39. The molecule has 1 saturated carbocycles. The van der Waals surface area contributed by atoms with Crippen LogP contribution in [0.25, 0.3) is 10.9 Å². The van der Waals surface area contributed by atoms with Gasteiger partial charge in [-0.3, -0.25) is 0 Å². The van der Waals surface area contributed by atoms with Crippen molar-refractivity contribution < 1.29 is 5.11 Å². The summed E-state index contributed by atoms with van der Waals surface area (Å²) < 4.78 is 0. The zero-order chi connectivity index (χ0) is 13.3. The lowest BCUT2D eigenvalue weighted by atomic mass is 9.99. The summed E-state index contributed by atoms with van der Waals surface area (Å²) in [6, 6.07) is 9.68. The SMILES string of the molecule is Nc1ccc2nc(NC3(CO)CCCC3)ccc2c1. The van der Waals surface area contributed by atoms with Gasteiger partial charge in [0.2, 0.25) is 0 Å². The van der Waals surface area contributed by atoms with Crippen molar-refractivity contribution in [2.24, 2.45) is 0 Å². The van der Waals surface area contributed by atoms with Gasteiger partial charge in [-0.15, -0.1) is 0 Å². The fraction of sp³-hybridized carbons (Fsp3) is 0.400. The molecule has 1 aromatic heterocycles. The third-order valence-electron chi connectivity index (χ3n) is 3.97. The number of rotatable bonds is 3. The Labute approximate surface area is 112 Å². The monoisotopic (exact) mass is 257 g/mol. The van der Waals surface area contributed by atoms with Crippen molar-refractivity contribution in [3.8, 4) is 0 Å². The van der Waals surface area contributed by atoms with E-state index in [4.69, 9.17) is 5.73 Å². The van der Waals surface area contributed by atoms with Crippen molar-refractivity contribution in [3.63, 3.8) is 0 Å². The fourth-order valence-electron chi connectivity index (χ4n) is 2.86. The van der Waals surface area contributed by atoms with Gasteiger partial charge >= 0.3 is 0 Å². The number of aliphatic hydroxyl groups is 1. The van der Waals surface area contributed by atoms with Gasteiger partial charge in [-0.25, -0.2) is 4.98 Å². The number of pyridine rings is 1. The maximum atomic E-state index is 9.62. The van der Waals surface area contributed by atoms with Crippen molar-refractivity contribution in [1.29, 1.82) is 0 Å². The summed E-state index contributed by atoms with van der Waals surface area (Å²) in [5.74, 6) is 0.827. The molecule has 4 N–H and O–H groups in total. The van der Waals surface area contributed by atoms with Crippen LogP contribution in [0.5, 0.6) is 0 Å². The van der Waals surface area contributed by atoms with Crippen LogP contribution in [0, 0.1) is 0 Å². The molecule has 1 fully saturated rings. The third kappa shape index (κ3) is 2.36. The van der Waals surface area contributed by atoms with Gasteiger partial charge < -0.3 is 16.2 Å². The molecular weight excluding hydrogens is 238 g/mol. The van der Waals surface area contributed by atoms with E-state index in [1.807, 2.05) is 30.3 Å². The number of anilines is 2. The summed E-state index contributed by atoms with van der Waals surface area (Å²) in [4.78, 5) is 4.60. The molecule has 2 aromatic rings. The van der Waals surface area contributed by atoms with Gasteiger partial charge in [0.1, 0.15) is 5.82 Å². The van der Waals surface area contributed by atoms with Crippen LogP contribution < -0.4 is 11.1 Å². The molecule has 1 aromatic carbocycles. The Bertz CT molecular complexity index is 591. The molecule has 0 saturated heterocycles.